The lowest BCUT2D eigenvalue weighted by molar-refractivity contribution is 0.997. The maximum atomic E-state index is 5.49. The van der Waals surface area contributed by atoms with Crippen LogP contribution in [0.3, 0.4) is 0 Å². The Balaban J connectivity index is 1.15. The standard InChI is InChI=1S/C51H29N7/c1-2-13-34-32(11-1)33-12-3-4-14-35(33)42-29-31(22-24-36(34)42)46-41-25-21-30-23-26-45(57-43-19-7-5-15-37(43)39-17-9-27-52-49(39)57)54-47(30)48(41)56-51(55-46)58-44-20-8-6-16-38(44)40-18-10-28-53-50(40)58/h1-29H. The summed E-state index contributed by atoms with van der Waals surface area (Å²) in [6, 6.07) is 57.6. The van der Waals surface area contributed by atoms with Gasteiger partial charge in [-0.2, -0.15) is 0 Å². The van der Waals surface area contributed by atoms with Gasteiger partial charge in [0.2, 0.25) is 5.95 Å². The zero-order valence-corrected chi connectivity index (χ0v) is 30.9. The van der Waals surface area contributed by atoms with Crippen molar-refractivity contribution in [2.24, 2.45) is 0 Å². The fourth-order valence-electron chi connectivity index (χ4n) is 9.28. The van der Waals surface area contributed by atoms with E-state index in [0.29, 0.717) is 5.95 Å². The lowest BCUT2D eigenvalue weighted by atomic mass is 9.92. The van der Waals surface area contributed by atoms with Crippen LogP contribution in [0.1, 0.15) is 0 Å². The van der Waals surface area contributed by atoms with Gasteiger partial charge in [0.05, 0.1) is 22.2 Å². The number of hydrogen-bond donors (Lipinski definition) is 0. The highest BCUT2D eigenvalue weighted by atomic mass is 15.2. The van der Waals surface area contributed by atoms with E-state index in [-0.39, 0.29) is 0 Å². The molecule has 7 nitrogen and oxygen atoms in total. The van der Waals surface area contributed by atoms with Gasteiger partial charge in [-0.25, -0.2) is 24.9 Å². The second-order valence-corrected chi connectivity index (χ2v) is 14.9. The van der Waals surface area contributed by atoms with Gasteiger partial charge in [0, 0.05) is 50.3 Å². The fourth-order valence-corrected chi connectivity index (χ4v) is 9.28. The normalized spacial score (nSPS) is 12.1. The van der Waals surface area contributed by atoms with Crippen LogP contribution in [0.25, 0.3) is 121 Å². The molecule has 13 rings (SSSR count). The predicted molar refractivity (Wildman–Crippen MR) is 237 cm³/mol. The minimum absolute atomic E-state index is 0.536. The van der Waals surface area contributed by atoms with Gasteiger partial charge in [-0.05, 0) is 93.0 Å². The summed E-state index contributed by atoms with van der Waals surface area (Å²) < 4.78 is 4.25. The number of nitrogens with zero attached hydrogens (tertiary/aromatic N) is 7. The number of pyridine rings is 3. The third-order valence-corrected chi connectivity index (χ3v) is 11.8. The van der Waals surface area contributed by atoms with Gasteiger partial charge in [-0.1, -0.05) is 103 Å². The second kappa shape index (κ2) is 11.7. The Hall–Kier alpha value is -8.03. The molecule has 0 aliphatic carbocycles. The fraction of sp³-hybridized carbons (Fsp3) is 0. The van der Waals surface area contributed by atoms with Crippen molar-refractivity contribution in [1.82, 2.24) is 34.1 Å². The van der Waals surface area contributed by atoms with Crippen LogP contribution < -0.4 is 0 Å². The highest BCUT2D eigenvalue weighted by molar-refractivity contribution is 6.26. The van der Waals surface area contributed by atoms with Gasteiger partial charge in [-0.15, -0.1) is 0 Å². The third kappa shape index (κ3) is 4.30. The zero-order chi connectivity index (χ0) is 37.9. The van der Waals surface area contributed by atoms with E-state index in [9.17, 15) is 0 Å². The van der Waals surface area contributed by atoms with E-state index in [1.165, 1.54) is 32.3 Å². The number of hydrogen-bond acceptors (Lipinski definition) is 5. The van der Waals surface area contributed by atoms with E-state index < -0.39 is 0 Å². The van der Waals surface area contributed by atoms with E-state index in [1.54, 1.807) is 0 Å². The molecule has 6 heterocycles. The van der Waals surface area contributed by atoms with Gasteiger partial charge in [0.1, 0.15) is 22.6 Å². The zero-order valence-electron chi connectivity index (χ0n) is 30.9. The van der Waals surface area contributed by atoms with Crippen LogP contribution in [-0.2, 0) is 0 Å². The molecule has 6 aromatic heterocycles. The number of fused-ring (bicyclic) bond motifs is 15. The van der Waals surface area contributed by atoms with Crippen LogP contribution in [0.15, 0.2) is 176 Å². The first kappa shape index (κ1) is 31.2. The van der Waals surface area contributed by atoms with Gasteiger partial charge >= 0.3 is 0 Å². The molecule has 268 valence electrons. The first-order chi connectivity index (χ1) is 28.8. The summed E-state index contributed by atoms with van der Waals surface area (Å²) >= 11 is 0. The molecule has 0 amide bonds. The molecular formula is C51H29N7. The molecule has 0 N–H and O–H groups in total. The monoisotopic (exact) mass is 739 g/mol. The Morgan fingerprint density at radius 3 is 1.53 bits per heavy atom. The van der Waals surface area contributed by atoms with Crippen LogP contribution in [-0.4, -0.2) is 34.1 Å². The molecule has 0 unspecified atom stereocenters. The molecule has 0 spiro atoms. The quantitative estimate of drug-likeness (QED) is 0.169. The van der Waals surface area contributed by atoms with E-state index in [0.717, 1.165) is 82.8 Å². The maximum Gasteiger partial charge on any atom is 0.237 e. The Labute approximate surface area is 330 Å². The van der Waals surface area contributed by atoms with Crippen molar-refractivity contribution in [3.63, 3.8) is 0 Å². The highest BCUT2D eigenvalue weighted by Gasteiger charge is 2.21. The van der Waals surface area contributed by atoms with Crippen molar-refractivity contribution in [2.75, 3.05) is 0 Å². The average molecular weight is 740 g/mol. The molecule has 0 atom stereocenters. The Bertz CT molecular complexity index is 3740. The SMILES string of the molecule is c1ccc2c(c1)c1ccccc1c1cc(-c3nc(-n4c5ccccc5c5cccnc54)nc4c3ccc3ccc(-n5c6ccccc6c6cccnc65)nc34)ccc21. The lowest BCUT2D eigenvalue weighted by Gasteiger charge is -2.15. The van der Waals surface area contributed by atoms with Crippen molar-refractivity contribution >= 4 is 98.0 Å². The number of para-hydroxylation sites is 2. The van der Waals surface area contributed by atoms with Crippen LogP contribution in [0, 0.1) is 0 Å². The van der Waals surface area contributed by atoms with Crippen molar-refractivity contribution in [2.45, 2.75) is 0 Å². The Kier molecular flexibility index (Phi) is 6.32. The van der Waals surface area contributed by atoms with Gasteiger partial charge in [0.25, 0.3) is 0 Å². The van der Waals surface area contributed by atoms with Gasteiger partial charge in [-0.3, -0.25) is 9.13 Å². The number of rotatable bonds is 3. The molecule has 0 aliphatic heterocycles. The van der Waals surface area contributed by atoms with Crippen molar-refractivity contribution in [1.29, 1.82) is 0 Å². The minimum Gasteiger partial charge on any atom is -0.278 e. The van der Waals surface area contributed by atoms with E-state index in [4.69, 9.17) is 24.9 Å². The van der Waals surface area contributed by atoms with Crippen molar-refractivity contribution in [3.8, 4) is 23.0 Å². The van der Waals surface area contributed by atoms with Crippen LogP contribution >= 0.6 is 0 Å². The molecule has 0 saturated carbocycles. The Morgan fingerprint density at radius 2 is 0.862 bits per heavy atom. The van der Waals surface area contributed by atoms with Crippen molar-refractivity contribution in [3.05, 3.63) is 176 Å². The average Bonchev–Trinajstić information content (AvgIpc) is 3.81. The maximum absolute atomic E-state index is 5.49. The summed E-state index contributed by atoms with van der Waals surface area (Å²) in [6.45, 7) is 0. The topological polar surface area (TPSA) is 74.3 Å². The highest BCUT2D eigenvalue weighted by Crippen LogP contribution is 2.40. The van der Waals surface area contributed by atoms with E-state index >= 15 is 0 Å². The predicted octanol–water partition coefficient (Wildman–Crippen LogP) is 12.3. The molecule has 0 aliphatic rings. The second-order valence-electron chi connectivity index (χ2n) is 14.9. The molecule has 0 radical (unpaired) electrons. The smallest absolute Gasteiger partial charge is 0.237 e. The Morgan fingerprint density at radius 1 is 0.345 bits per heavy atom. The molecule has 13 aromatic rings. The summed E-state index contributed by atoms with van der Waals surface area (Å²) in [5.74, 6) is 1.31. The number of benzene rings is 7. The third-order valence-electron chi connectivity index (χ3n) is 11.8. The number of aromatic nitrogens is 7. The van der Waals surface area contributed by atoms with Gasteiger partial charge < -0.3 is 0 Å². The summed E-state index contributed by atoms with van der Waals surface area (Å²) in [7, 11) is 0. The largest absolute Gasteiger partial charge is 0.278 e. The molecule has 58 heavy (non-hydrogen) atoms. The van der Waals surface area contributed by atoms with Crippen molar-refractivity contribution < 1.29 is 0 Å². The van der Waals surface area contributed by atoms with Crippen LogP contribution in [0.2, 0.25) is 0 Å². The van der Waals surface area contributed by atoms with Crippen LogP contribution in [0.4, 0.5) is 0 Å². The first-order valence-corrected chi connectivity index (χ1v) is 19.4. The lowest BCUT2D eigenvalue weighted by Crippen LogP contribution is -2.05. The van der Waals surface area contributed by atoms with Gasteiger partial charge in [0.15, 0.2) is 0 Å². The molecule has 7 heteroatoms. The summed E-state index contributed by atoms with van der Waals surface area (Å²) in [5, 5.41) is 13.6. The van der Waals surface area contributed by atoms with E-state index in [2.05, 4.69) is 161 Å². The molecule has 7 aromatic carbocycles. The molecule has 0 saturated heterocycles. The summed E-state index contributed by atoms with van der Waals surface area (Å²) in [5.41, 5.74) is 7.07. The molecule has 0 bridgehead atoms. The summed E-state index contributed by atoms with van der Waals surface area (Å²) in [4.78, 5) is 26.2. The summed E-state index contributed by atoms with van der Waals surface area (Å²) in [6.07, 6.45) is 3.68. The van der Waals surface area contributed by atoms with Crippen LogP contribution in [0.5, 0.6) is 0 Å². The molecular weight excluding hydrogens is 711 g/mol. The minimum atomic E-state index is 0.536. The van der Waals surface area contributed by atoms with E-state index in [1.807, 2.05) is 24.5 Å². The molecule has 0 fully saturated rings. The first-order valence-electron chi connectivity index (χ1n) is 19.4.